The summed E-state index contributed by atoms with van der Waals surface area (Å²) in [5.41, 5.74) is 3.15. The van der Waals surface area contributed by atoms with Crippen LogP contribution in [0.25, 0.3) is 11.1 Å². The van der Waals surface area contributed by atoms with Crippen molar-refractivity contribution in [2.45, 2.75) is 32.4 Å². The predicted octanol–water partition coefficient (Wildman–Crippen LogP) is 4.86. The van der Waals surface area contributed by atoms with Crippen LogP contribution in [0.2, 0.25) is 5.02 Å². The zero-order chi connectivity index (χ0) is 20.5. The molecule has 0 spiro atoms. The Morgan fingerprint density at radius 3 is 2.46 bits per heavy atom. The molecule has 2 aromatic rings. The number of halogens is 1. The van der Waals surface area contributed by atoms with E-state index in [-0.39, 0.29) is 6.42 Å². The van der Waals surface area contributed by atoms with Crippen LogP contribution in [0.3, 0.4) is 0 Å². The first-order chi connectivity index (χ1) is 13.4. The van der Waals surface area contributed by atoms with Crippen LogP contribution in [0.15, 0.2) is 61.2 Å². The van der Waals surface area contributed by atoms with Crippen LogP contribution in [0.5, 0.6) is 0 Å². The molecule has 2 atom stereocenters. The SMILES string of the molecule is C=CCN(Cc1ccc(-c2ccccc2Cl)cc1)CC(O)C[C@@H](CC)C(=O)O. The van der Waals surface area contributed by atoms with E-state index in [4.69, 9.17) is 11.6 Å². The maximum absolute atomic E-state index is 11.2. The number of aliphatic hydroxyl groups excluding tert-OH is 1. The summed E-state index contributed by atoms with van der Waals surface area (Å²) in [6.45, 7) is 7.28. The fraction of sp³-hybridized carbons (Fsp3) is 0.348. The van der Waals surface area contributed by atoms with Crippen molar-refractivity contribution >= 4 is 17.6 Å². The number of carbonyl (C=O) groups is 1. The number of carboxylic acid groups (broad SMARTS) is 1. The van der Waals surface area contributed by atoms with Crippen molar-refractivity contribution in [2.75, 3.05) is 13.1 Å². The Kier molecular flexibility index (Phi) is 8.71. The largest absolute Gasteiger partial charge is 0.481 e. The molecule has 0 amide bonds. The molecule has 150 valence electrons. The van der Waals surface area contributed by atoms with Crippen LogP contribution in [-0.2, 0) is 11.3 Å². The van der Waals surface area contributed by atoms with Gasteiger partial charge in [-0.1, -0.05) is 67.1 Å². The van der Waals surface area contributed by atoms with Gasteiger partial charge in [-0.05, 0) is 30.0 Å². The number of rotatable bonds is 11. The quantitative estimate of drug-likeness (QED) is 0.528. The van der Waals surface area contributed by atoms with Gasteiger partial charge in [-0.2, -0.15) is 0 Å². The lowest BCUT2D eigenvalue weighted by Crippen LogP contribution is -2.34. The Morgan fingerprint density at radius 1 is 1.21 bits per heavy atom. The summed E-state index contributed by atoms with van der Waals surface area (Å²) >= 11 is 6.27. The Labute approximate surface area is 172 Å². The average molecular weight is 402 g/mol. The van der Waals surface area contributed by atoms with Gasteiger partial charge in [0.15, 0.2) is 0 Å². The molecule has 0 aliphatic heterocycles. The highest BCUT2D eigenvalue weighted by Crippen LogP contribution is 2.27. The molecular formula is C23H28ClNO3. The standard InChI is InChI=1S/C23H28ClNO3/c1-3-13-25(16-20(26)14-18(4-2)23(27)28)15-17-9-11-19(12-10-17)21-7-5-6-8-22(21)24/h3,5-12,18,20,26H,1,4,13-16H2,2H3,(H,27,28)/t18-,20?/m1/s1. The van der Waals surface area contributed by atoms with Crippen LogP contribution in [0.1, 0.15) is 25.3 Å². The molecule has 0 aliphatic rings. The lowest BCUT2D eigenvalue weighted by atomic mass is 9.98. The van der Waals surface area contributed by atoms with Gasteiger partial charge in [0.05, 0.1) is 12.0 Å². The number of benzene rings is 2. The van der Waals surface area contributed by atoms with Gasteiger partial charge < -0.3 is 10.2 Å². The second-order valence-electron chi connectivity index (χ2n) is 6.99. The zero-order valence-electron chi connectivity index (χ0n) is 16.2. The second-order valence-corrected chi connectivity index (χ2v) is 7.40. The monoisotopic (exact) mass is 401 g/mol. The minimum absolute atomic E-state index is 0.255. The fourth-order valence-corrected chi connectivity index (χ4v) is 3.52. The lowest BCUT2D eigenvalue weighted by Gasteiger charge is -2.25. The number of hydrogen-bond donors (Lipinski definition) is 2. The zero-order valence-corrected chi connectivity index (χ0v) is 17.0. The molecule has 0 radical (unpaired) electrons. The minimum atomic E-state index is -0.855. The molecule has 0 bridgehead atoms. The molecule has 0 fully saturated rings. The number of aliphatic carboxylic acids is 1. The minimum Gasteiger partial charge on any atom is -0.481 e. The lowest BCUT2D eigenvalue weighted by molar-refractivity contribution is -0.143. The number of hydrogen-bond acceptors (Lipinski definition) is 3. The van der Waals surface area contributed by atoms with E-state index in [1.165, 1.54) is 0 Å². The van der Waals surface area contributed by atoms with E-state index in [1.807, 2.05) is 55.5 Å². The first-order valence-electron chi connectivity index (χ1n) is 9.52. The highest BCUT2D eigenvalue weighted by Gasteiger charge is 2.21. The molecule has 28 heavy (non-hydrogen) atoms. The highest BCUT2D eigenvalue weighted by atomic mass is 35.5. The molecule has 0 saturated heterocycles. The molecule has 2 aromatic carbocycles. The molecule has 0 saturated carbocycles. The van der Waals surface area contributed by atoms with Gasteiger partial charge >= 0.3 is 5.97 Å². The van der Waals surface area contributed by atoms with E-state index < -0.39 is 18.0 Å². The summed E-state index contributed by atoms with van der Waals surface area (Å²) in [7, 11) is 0. The van der Waals surface area contributed by atoms with Gasteiger partial charge in [-0.25, -0.2) is 0 Å². The third-order valence-electron chi connectivity index (χ3n) is 4.80. The molecule has 2 rings (SSSR count). The molecule has 0 aliphatic carbocycles. The summed E-state index contributed by atoms with van der Waals surface area (Å²) in [6, 6.07) is 15.9. The van der Waals surface area contributed by atoms with E-state index in [2.05, 4.69) is 11.5 Å². The van der Waals surface area contributed by atoms with Crippen molar-refractivity contribution in [1.29, 1.82) is 0 Å². The van der Waals surface area contributed by atoms with E-state index >= 15 is 0 Å². The van der Waals surface area contributed by atoms with Crippen molar-refractivity contribution in [1.82, 2.24) is 4.90 Å². The molecule has 0 aromatic heterocycles. The van der Waals surface area contributed by atoms with Crippen molar-refractivity contribution in [3.63, 3.8) is 0 Å². The molecular weight excluding hydrogens is 374 g/mol. The van der Waals surface area contributed by atoms with Gasteiger partial charge in [-0.15, -0.1) is 6.58 Å². The Hall–Kier alpha value is -2.14. The Balaban J connectivity index is 2.02. The van der Waals surface area contributed by atoms with Crippen LogP contribution >= 0.6 is 11.6 Å². The summed E-state index contributed by atoms with van der Waals surface area (Å²) in [6.07, 6.45) is 1.87. The van der Waals surface area contributed by atoms with Crippen molar-refractivity contribution < 1.29 is 15.0 Å². The summed E-state index contributed by atoms with van der Waals surface area (Å²) in [5, 5.41) is 20.2. The number of aliphatic hydroxyl groups is 1. The average Bonchev–Trinajstić information content (AvgIpc) is 2.67. The topological polar surface area (TPSA) is 60.8 Å². The van der Waals surface area contributed by atoms with Crippen LogP contribution in [0, 0.1) is 5.92 Å². The van der Waals surface area contributed by atoms with Gasteiger partial charge in [0.2, 0.25) is 0 Å². The molecule has 2 N–H and O–H groups in total. The Morgan fingerprint density at radius 2 is 1.89 bits per heavy atom. The van der Waals surface area contributed by atoms with Crippen LogP contribution in [-0.4, -0.2) is 40.3 Å². The van der Waals surface area contributed by atoms with Crippen molar-refractivity contribution in [2.24, 2.45) is 5.92 Å². The van der Waals surface area contributed by atoms with Gasteiger partial charge in [0.1, 0.15) is 0 Å². The number of carboxylic acids is 1. The van der Waals surface area contributed by atoms with Gasteiger partial charge in [0.25, 0.3) is 0 Å². The van der Waals surface area contributed by atoms with E-state index in [9.17, 15) is 15.0 Å². The first kappa shape index (κ1) is 22.2. The molecule has 1 unspecified atom stereocenters. The predicted molar refractivity (Wildman–Crippen MR) is 114 cm³/mol. The van der Waals surface area contributed by atoms with Gasteiger partial charge in [0, 0.05) is 30.2 Å². The van der Waals surface area contributed by atoms with Gasteiger partial charge in [-0.3, -0.25) is 9.69 Å². The van der Waals surface area contributed by atoms with E-state index in [0.717, 1.165) is 21.7 Å². The third-order valence-corrected chi connectivity index (χ3v) is 5.13. The summed E-state index contributed by atoms with van der Waals surface area (Å²) in [4.78, 5) is 13.3. The van der Waals surface area contributed by atoms with E-state index in [1.54, 1.807) is 6.08 Å². The number of nitrogens with zero attached hydrogens (tertiary/aromatic N) is 1. The van der Waals surface area contributed by atoms with Crippen molar-refractivity contribution in [3.05, 3.63) is 71.8 Å². The first-order valence-corrected chi connectivity index (χ1v) is 9.90. The Bertz CT molecular complexity index is 776. The molecule has 0 heterocycles. The van der Waals surface area contributed by atoms with Crippen LogP contribution < -0.4 is 0 Å². The fourth-order valence-electron chi connectivity index (χ4n) is 3.27. The normalized spacial score (nSPS) is 13.3. The highest BCUT2D eigenvalue weighted by molar-refractivity contribution is 6.33. The van der Waals surface area contributed by atoms with E-state index in [0.29, 0.717) is 26.1 Å². The maximum Gasteiger partial charge on any atom is 0.306 e. The summed E-state index contributed by atoms with van der Waals surface area (Å²) in [5.74, 6) is -1.37. The maximum atomic E-state index is 11.2. The van der Waals surface area contributed by atoms with Crippen molar-refractivity contribution in [3.8, 4) is 11.1 Å². The summed E-state index contributed by atoms with van der Waals surface area (Å²) < 4.78 is 0. The smallest absolute Gasteiger partial charge is 0.306 e. The molecule has 5 heteroatoms. The second kappa shape index (κ2) is 11.0. The molecule has 4 nitrogen and oxygen atoms in total. The third kappa shape index (κ3) is 6.48. The van der Waals surface area contributed by atoms with Crippen LogP contribution in [0.4, 0.5) is 0 Å².